The summed E-state index contributed by atoms with van der Waals surface area (Å²) in [5.74, 6) is 1.25. The Kier molecular flexibility index (Phi) is 4.99. The fourth-order valence-electron chi connectivity index (χ4n) is 3.56. The van der Waals surface area contributed by atoms with Crippen LogP contribution >= 0.6 is 23.7 Å². The molecule has 1 amide bonds. The first-order valence-corrected chi connectivity index (χ1v) is 7.81. The van der Waals surface area contributed by atoms with Gasteiger partial charge in [0.15, 0.2) is 0 Å². The maximum Gasteiger partial charge on any atom is 0.229 e. The Bertz CT molecular complexity index is 467. The Morgan fingerprint density at radius 3 is 2.50 bits per heavy atom. The van der Waals surface area contributed by atoms with E-state index in [-0.39, 0.29) is 24.2 Å². The van der Waals surface area contributed by atoms with Gasteiger partial charge in [-0.05, 0) is 44.4 Å². The molecule has 1 aromatic heterocycles. The Hall–Kier alpha value is -0.720. The predicted molar refractivity (Wildman–Crippen MR) is 82.1 cm³/mol. The second-order valence-electron chi connectivity index (χ2n) is 5.81. The molecule has 0 spiro atoms. The van der Waals surface area contributed by atoms with E-state index in [0.717, 1.165) is 17.8 Å². The largest absolute Gasteiger partial charge is 0.327 e. The van der Waals surface area contributed by atoms with E-state index in [9.17, 15) is 4.79 Å². The second kappa shape index (κ2) is 6.37. The van der Waals surface area contributed by atoms with Gasteiger partial charge in [-0.15, -0.1) is 22.6 Å². The van der Waals surface area contributed by atoms with Crippen LogP contribution < -0.4 is 11.1 Å². The van der Waals surface area contributed by atoms with E-state index in [2.05, 4.69) is 15.5 Å². The lowest BCUT2D eigenvalue weighted by Gasteiger charge is -2.43. The number of aryl methyl sites for hydroxylation is 1. The number of nitrogens with two attached hydrogens (primary N) is 1. The third-order valence-electron chi connectivity index (χ3n) is 4.54. The van der Waals surface area contributed by atoms with Crippen molar-refractivity contribution >= 4 is 34.8 Å². The van der Waals surface area contributed by atoms with E-state index in [1.807, 2.05) is 6.92 Å². The van der Waals surface area contributed by atoms with E-state index in [1.54, 1.807) is 0 Å². The number of rotatable bonds is 2. The van der Waals surface area contributed by atoms with Gasteiger partial charge in [-0.1, -0.05) is 17.8 Å². The fourth-order valence-corrected chi connectivity index (χ4v) is 4.15. The summed E-state index contributed by atoms with van der Waals surface area (Å²) in [6.07, 6.45) is 5.49. The molecule has 112 valence electrons. The first-order chi connectivity index (χ1) is 9.13. The molecule has 7 heteroatoms. The van der Waals surface area contributed by atoms with Gasteiger partial charge in [0, 0.05) is 12.0 Å². The molecule has 3 N–H and O–H groups in total. The highest BCUT2D eigenvalue weighted by Gasteiger charge is 2.40. The Morgan fingerprint density at radius 2 is 1.95 bits per heavy atom. The van der Waals surface area contributed by atoms with Gasteiger partial charge in [0.2, 0.25) is 11.0 Å². The summed E-state index contributed by atoms with van der Waals surface area (Å²) in [5.41, 5.74) is 6.25. The number of halogens is 1. The van der Waals surface area contributed by atoms with Crippen molar-refractivity contribution in [2.24, 2.45) is 23.5 Å². The molecule has 0 aromatic carbocycles. The molecule has 5 nitrogen and oxygen atoms in total. The molecule has 1 aromatic rings. The van der Waals surface area contributed by atoms with Crippen LogP contribution in [0.4, 0.5) is 5.13 Å². The van der Waals surface area contributed by atoms with Gasteiger partial charge in [-0.2, -0.15) is 0 Å². The van der Waals surface area contributed by atoms with Crippen LogP contribution in [0.1, 0.15) is 37.1 Å². The number of nitrogens with one attached hydrogen (secondary N) is 1. The number of nitrogens with zero attached hydrogens (tertiary/aromatic N) is 2. The number of amides is 1. The average molecular weight is 317 g/mol. The SMILES string of the molecule is Cc1nnc(NC(=O)C2CC3CCCC(C2)C3N)s1.Cl. The molecule has 2 aliphatic rings. The average Bonchev–Trinajstić information content (AvgIpc) is 2.74. The van der Waals surface area contributed by atoms with Crippen LogP contribution in [0.15, 0.2) is 0 Å². The van der Waals surface area contributed by atoms with Gasteiger partial charge in [-0.3, -0.25) is 4.79 Å². The topological polar surface area (TPSA) is 80.9 Å². The minimum absolute atomic E-state index is 0. The first-order valence-electron chi connectivity index (χ1n) is 7.00. The normalized spacial score (nSPS) is 32.3. The van der Waals surface area contributed by atoms with Crippen molar-refractivity contribution in [1.82, 2.24) is 10.2 Å². The summed E-state index contributed by atoms with van der Waals surface area (Å²) in [4.78, 5) is 12.3. The minimum Gasteiger partial charge on any atom is -0.327 e. The van der Waals surface area contributed by atoms with Crippen molar-refractivity contribution in [2.45, 2.75) is 45.1 Å². The fraction of sp³-hybridized carbons (Fsp3) is 0.769. The molecular formula is C13H21ClN4OS. The quantitative estimate of drug-likeness (QED) is 0.877. The molecule has 0 radical (unpaired) electrons. The number of carbonyl (C=O) groups excluding carboxylic acids is 1. The van der Waals surface area contributed by atoms with Crippen LogP contribution in [0.5, 0.6) is 0 Å². The van der Waals surface area contributed by atoms with E-state index < -0.39 is 0 Å². The molecule has 2 fully saturated rings. The van der Waals surface area contributed by atoms with Gasteiger partial charge in [0.1, 0.15) is 5.01 Å². The lowest BCUT2D eigenvalue weighted by Crippen LogP contribution is -2.48. The van der Waals surface area contributed by atoms with Crippen molar-refractivity contribution in [2.75, 3.05) is 5.32 Å². The van der Waals surface area contributed by atoms with E-state index in [4.69, 9.17) is 5.73 Å². The molecule has 0 saturated heterocycles. The molecule has 20 heavy (non-hydrogen) atoms. The molecule has 2 bridgehead atoms. The first kappa shape index (κ1) is 15.7. The van der Waals surface area contributed by atoms with Gasteiger partial charge < -0.3 is 11.1 Å². The molecule has 2 unspecified atom stereocenters. The van der Waals surface area contributed by atoms with Crippen molar-refractivity contribution in [3.8, 4) is 0 Å². The molecule has 1 heterocycles. The van der Waals surface area contributed by atoms with Gasteiger partial charge >= 0.3 is 0 Å². The summed E-state index contributed by atoms with van der Waals surface area (Å²) < 4.78 is 0. The molecule has 2 saturated carbocycles. The Morgan fingerprint density at radius 1 is 1.30 bits per heavy atom. The molecule has 0 aliphatic heterocycles. The van der Waals surface area contributed by atoms with Gasteiger partial charge in [0.05, 0.1) is 0 Å². The van der Waals surface area contributed by atoms with Crippen LogP contribution in [0, 0.1) is 24.7 Å². The number of hydrogen-bond acceptors (Lipinski definition) is 5. The summed E-state index contributed by atoms with van der Waals surface area (Å²) >= 11 is 1.42. The number of hydrogen-bond donors (Lipinski definition) is 2. The lowest BCUT2D eigenvalue weighted by molar-refractivity contribution is -0.122. The zero-order valence-corrected chi connectivity index (χ0v) is 13.2. The molecule has 2 aliphatic carbocycles. The Balaban J connectivity index is 0.00000147. The van der Waals surface area contributed by atoms with Gasteiger partial charge in [0.25, 0.3) is 0 Å². The third kappa shape index (κ3) is 3.13. The van der Waals surface area contributed by atoms with E-state index >= 15 is 0 Å². The van der Waals surface area contributed by atoms with Crippen LogP contribution in [0.3, 0.4) is 0 Å². The number of aromatic nitrogens is 2. The van der Waals surface area contributed by atoms with Crippen LogP contribution in [-0.2, 0) is 4.79 Å². The van der Waals surface area contributed by atoms with Crippen molar-refractivity contribution in [3.05, 3.63) is 5.01 Å². The monoisotopic (exact) mass is 316 g/mol. The zero-order valence-electron chi connectivity index (χ0n) is 11.5. The standard InChI is InChI=1S/C13H20N4OS.ClH/c1-7-16-17-13(19-7)15-12(18)10-5-8-3-2-4-9(6-10)11(8)14;/h8-11H,2-6,14H2,1H3,(H,15,17,18);1H. The summed E-state index contributed by atoms with van der Waals surface area (Å²) in [5, 5.41) is 12.3. The van der Waals surface area contributed by atoms with Crippen molar-refractivity contribution < 1.29 is 4.79 Å². The summed E-state index contributed by atoms with van der Waals surface area (Å²) in [6, 6.07) is 0.307. The van der Waals surface area contributed by atoms with Crippen molar-refractivity contribution in [3.63, 3.8) is 0 Å². The van der Waals surface area contributed by atoms with Crippen LogP contribution in [-0.4, -0.2) is 22.1 Å². The second-order valence-corrected chi connectivity index (χ2v) is 6.99. The molecule has 2 atom stereocenters. The third-order valence-corrected chi connectivity index (χ3v) is 5.29. The van der Waals surface area contributed by atoms with Gasteiger partial charge in [-0.25, -0.2) is 0 Å². The van der Waals surface area contributed by atoms with Crippen LogP contribution in [0.25, 0.3) is 0 Å². The smallest absolute Gasteiger partial charge is 0.229 e. The number of fused-ring (bicyclic) bond motifs is 2. The maximum absolute atomic E-state index is 12.3. The van der Waals surface area contributed by atoms with Crippen LogP contribution in [0.2, 0.25) is 0 Å². The summed E-state index contributed by atoms with van der Waals surface area (Å²) in [7, 11) is 0. The zero-order chi connectivity index (χ0) is 13.4. The van der Waals surface area contributed by atoms with E-state index in [0.29, 0.717) is 23.0 Å². The van der Waals surface area contributed by atoms with Crippen molar-refractivity contribution in [1.29, 1.82) is 0 Å². The number of anilines is 1. The highest BCUT2D eigenvalue weighted by Crippen LogP contribution is 2.42. The Labute approximate surface area is 129 Å². The molecular weight excluding hydrogens is 296 g/mol. The number of carbonyl (C=O) groups is 1. The molecule has 3 rings (SSSR count). The maximum atomic E-state index is 12.3. The summed E-state index contributed by atoms with van der Waals surface area (Å²) in [6.45, 7) is 1.89. The predicted octanol–water partition coefficient (Wildman–Crippen LogP) is 2.36. The highest BCUT2D eigenvalue weighted by atomic mass is 35.5. The minimum atomic E-state index is 0. The van der Waals surface area contributed by atoms with E-state index in [1.165, 1.54) is 30.6 Å². The highest BCUT2D eigenvalue weighted by molar-refractivity contribution is 7.15. The lowest BCUT2D eigenvalue weighted by atomic mass is 9.65.